The highest BCUT2D eigenvalue weighted by Crippen LogP contribution is 2.08. The molecule has 2 heterocycles. The van der Waals surface area contributed by atoms with Gasteiger partial charge in [0.25, 0.3) is 0 Å². The van der Waals surface area contributed by atoms with E-state index < -0.39 is 0 Å². The number of hydrogen-bond acceptors (Lipinski definition) is 3. The molecule has 1 aliphatic heterocycles. The van der Waals surface area contributed by atoms with Gasteiger partial charge in [-0.3, -0.25) is 4.90 Å². The van der Waals surface area contributed by atoms with Crippen LogP contribution in [-0.4, -0.2) is 40.6 Å². The standard InChI is InChI=1S/C12H22N4/c1-11(2)9-13-3-5-15-7-8-16-6-4-14-12(16)10-15/h4,6,11,13H,3,5,7-10H2,1-2H3. The van der Waals surface area contributed by atoms with E-state index in [1.54, 1.807) is 0 Å². The van der Waals surface area contributed by atoms with Crippen LogP contribution in [0.2, 0.25) is 0 Å². The SMILES string of the molecule is CC(C)CNCCN1CCn2ccnc2C1. The van der Waals surface area contributed by atoms with Crippen LogP contribution in [0.3, 0.4) is 0 Å². The molecule has 0 saturated heterocycles. The van der Waals surface area contributed by atoms with E-state index in [-0.39, 0.29) is 0 Å². The summed E-state index contributed by atoms with van der Waals surface area (Å²) in [6.07, 6.45) is 3.97. The average molecular weight is 222 g/mol. The Bertz CT molecular complexity index is 319. The zero-order chi connectivity index (χ0) is 11.4. The summed E-state index contributed by atoms with van der Waals surface area (Å²) in [4.78, 5) is 6.83. The molecule has 90 valence electrons. The highest BCUT2D eigenvalue weighted by atomic mass is 15.2. The first-order valence-electron chi connectivity index (χ1n) is 6.19. The molecule has 0 fully saturated rings. The van der Waals surface area contributed by atoms with Crippen molar-refractivity contribution in [3.05, 3.63) is 18.2 Å². The van der Waals surface area contributed by atoms with Crippen LogP contribution < -0.4 is 5.32 Å². The van der Waals surface area contributed by atoms with Gasteiger partial charge in [0.05, 0.1) is 6.54 Å². The first-order valence-corrected chi connectivity index (χ1v) is 6.19. The van der Waals surface area contributed by atoms with Crippen LogP contribution >= 0.6 is 0 Å². The van der Waals surface area contributed by atoms with E-state index in [0.717, 1.165) is 45.2 Å². The molecular formula is C12H22N4. The molecule has 0 aliphatic carbocycles. The number of rotatable bonds is 5. The van der Waals surface area contributed by atoms with Crippen molar-refractivity contribution in [3.63, 3.8) is 0 Å². The van der Waals surface area contributed by atoms with Crippen LogP contribution in [0.15, 0.2) is 12.4 Å². The van der Waals surface area contributed by atoms with Gasteiger partial charge in [-0.05, 0) is 12.5 Å². The molecule has 0 bridgehead atoms. The molecule has 0 aromatic carbocycles. The molecule has 1 aromatic heterocycles. The zero-order valence-electron chi connectivity index (χ0n) is 10.3. The normalized spacial score (nSPS) is 16.7. The summed E-state index contributed by atoms with van der Waals surface area (Å²) in [7, 11) is 0. The third-order valence-electron chi connectivity index (χ3n) is 2.98. The van der Waals surface area contributed by atoms with Crippen molar-refractivity contribution in [2.24, 2.45) is 5.92 Å². The monoisotopic (exact) mass is 222 g/mol. The van der Waals surface area contributed by atoms with Crippen molar-refractivity contribution < 1.29 is 0 Å². The quantitative estimate of drug-likeness (QED) is 0.753. The predicted octanol–water partition coefficient (Wildman–Crippen LogP) is 0.944. The van der Waals surface area contributed by atoms with E-state index in [4.69, 9.17) is 0 Å². The number of nitrogens with zero attached hydrogens (tertiary/aromatic N) is 3. The van der Waals surface area contributed by atoms with Crippen molar-refractivity contribution in [3.8, 4) is 0 Å². The maximum atomic E-state index is 4.36. The van der Waals surface area contributed by atoms with Gasteiger partial charge >= 0.3 is 0 Å². The van der Waals surface area contributed by atoms with Crippen LogP contribution in [-0.2, 0) is 13.1 Å². The van der Waals surface area contributed by atoms with Crippen LogP contribution in [0.5, 0.6) is 0 Å². The molecule has 16 heavy (non-hydrogen) atoms. The lowest BCUT2D eigenvalue weighted by atomic mass is 10.2. The molecular weight excluding hydrogens is 200 g/mol. The second kappa shape index (κ2) is 5.46. The Balaban J connectivity index is 1.69. The van der Waals surface area contributed by atoms with E-state index in [0.29, 0.717) is 0 Å². The van der Waals surface area contributed by atoms with Crippen molar-refractivity contribution in [2.75, 3.05) is 26.2 Å². The Hall–Kier alpha value is -0.870. The maximum Gasteiger partial charge on any atom is 0.122 e. The fraction of sp³-hybridized carbons (Fsp3) is 0.750. The Kier molecular flexibility index (Phi) is 3.96. The van der Waals surface area contributed by atoms with Gasteiger partial charge in [0.15, 0.2) is 0 Å². The molecule has 2 rings (SSSR count). The minimum atomic E-state index is 0.736. The Morgan fingerprint density at radius 3 is 3.12 bits per heavy atom. The van der Waals surface area contributed by atoms with E-state index in [1.807, 2.05) is 6.20 Å². The van der Waals surface area contributed by atoms with Gasteiger partial charge in [-0.2, -0.15) is 0 Å². The summed E-state index contributed by atoms with van der Waals surface area (Å²) in [5.74, 6) is 1.94. The molecule has 0 amide bonds. The van der Waals surface area contributed by atoms with Gasteiger partial charge < -0.3 is 9.88 Å². The Morgan fingerprint density at radius 2 is 2.31 bits per heavy atom. The van der Waals surface area contributed by atoms with Crippen LogP contribution in [0, 0.1) is 5.92 Å². The minimum Gasteiger partial charge on any atom is -0.333 e. The van der Waals surface area contributed by atoms with E-state index in [1.165, 1.54) is 5.82 Å². The molecule has 1 aromatic rings. The lowest BCUT2D eigenvalue weighted by Crippen LogP contribution is -2.38. The van der Waals surface area contributed by atoms with Gasteiger partial charge in [-0.1, -0.05) is 13.8 Å². The molecule has 1 N–H and O–H groups in total. The first kappa shape index (κ1) is 11.6. The molecule has 4 nitrogen and oxygen atoms in total. The molecule has 0 unspecified atom stereocenters. The minimum absolute atomic E-state index is 0.736. The van der Waals surface area contributed by atoms with Crippen LogP contribution in [0.1, 0.15) is 19.7 Å². The summed E-state index contributed by atoms with van der Waals surface area (Å²) in [6.45, 7) is 11.0. The van der Waals surface area contributed by atoms with Crippen molar-refractivity contribution >= 4 is 0 Å². The lowest BCUT2D eigenvalue weighted by Gasteiger charge is -2.27. The fourth-order valence-electron chi connectivity index (χ4n) is 2.04. The number of imidazole rings is 1. The largest absolute Gasteiger partial charge is 0.333 e. The molecule has 0 spiro atoms. The Morgan fingerprint density at radius 1 is 1.44 bits per heavy atom. The number of fused-ring (bicyclic) bond motifs is 1. The highest BCUT2D eigenvalue weighted by molar-refractivity contribution is 4.95. The van der Waals surface area contributed by atoms with Crippen LogP contribution in [0.25, 0.3) is 0 Å². The van der Waals surface area contributed by atoms with Gasteiger partial charge in [-0.15, -0.1) is 0 Å². The smallest absolute Gasteiger partial charge is 0.122 e. The Labute approximate surface area is 97.7 Å². The molecule has 0 saturated carbocycles. The zero-order valence-corrected chi connectivity index (χ0v) is 10.3. The highest BCUT2D eigenvalue weighted by Gasteiger charge is 2.15. The van der Waals surface area contributed by atoms with Gasteiger partial charge in [-0.25, -0.2) is 4.98 Å². The third kappa shape index (κ3) is 3.06. The van der Waals surface area contributed by atoms with Gasteiger partial charge in [0, 0.05) is 38.6 Å². The maximum absolute atomic E-state index is 4.36. The van der Waals surface area contributed by atoms with Crippen molar-refractivity contribution in [1.82, 2.24) is 19.8 Å². The summed E-state index contributed by atoms with van der Waals surface area (Å²) >= 11 is 0. The van der Waals surface area contributed by atoms with E-state index in [2.05, 4.69) is 39.8 Å². The van der Waals surface area contributed by atoms with Gasteiger partial charge in [0.2, 0.25) is 0 Å². The van der Waals surface area contributed by atoms with E-state index in [9.17, 15) is 0 Å². The molecule has 1 aliphatic rings. The first-order chi connectivity index (χ1) is 7.75. The van der Waals surface area contributed by atoms with Gasteiger partial charge in [0.1, 0.15) is 5.82 Å². The molecule has 4 heteroatoms. The second-order valence-corrected chi connectivity index (χ2v) is 4.91. The number of nitrogens with one attached hydrogen (secondary N) is 1. The second-order valence-electron chi connectivity index (χ2n) is 4.91. The van der Waals surface area contributed by atoms with Crippen molar-refractivity contribution in [1.29, 1.82) is 0 Å². The predicted molar refractivity (Wildman–Crippen MR) is 65.2 cm³/mol. The number of hydrogen-bond donors (Lipinski definition) is 1. The topological polar surface area (TPSA) is 33.1 Å². The molecule has 0 atom stereocenters. The lowest BCUT2D eigenvalue weighted by molar-refractivity contribution is 0.216. The summed E-state index contributed by atoms with van der Waals surface area (Å²) in [6, 6.07) is 0. The average Bonchev–Trinajstić information content (AvgIpc) is 2.71. The van der Waals surface area contributed by atoms with Crippen LogP contribution in [0.4, 0.5) is 0 Å². The summed E-state index contributed by atoms with van der Waals surface area (Å²) < 4.78 is 2.25. The summed E-state index contributed by atoms with van der Waals surface area (Å²) in [5, 5.41) is 3.48. The number of aromatic nitrogens is 2. The fourth-order valence-corrected chi connectivity index (χ4v) is 2.04. The molecule has 0 radical (unpaired) electrons. The summed E-state index contributed by atoms with van der Waals surface area (Å²) in [5.41, 5.74) is 0. The van der Waals surface area contributed by atoms with E-state index >= 15 is 0 Å². The van der Waals surface area contributed by atoms with Crippen molar-refractivity contribution in [2.45, 2.75) is 26.9 Å². The third-order valence-corrected chi connectivity index (χ3v) is 2.98.